The highest BCUT2D eigenvalue weighted by Crippen LogP contribution is 2.60. The largest absolute Gasteiger partial charge is 0.460 e. The second-order valence-electron chi connectivity index (χ2n) is 6.58. The quantitative estimate of drug-likeness (QED) is 0.221. The number of alkyl halides is 22. The molecule has 0 amide bonds. The minimum atomic E-state index is -8.59. The minimum Gasteiger partial charge on any atom is -0.308 e. The summed E-state index contributed by atoms with van der Waals surface area (Å²) in [6, 6.07) is 0. The molecule has 0 bridgehead atoms. The van der Waals surface area contributed by atoms with Crippen LogP contribution >= 0.6 is 0 Å². The molecule has 0 rings (SSSR count). The molecule has 0 fully saturated rings. The molecule has 0 aliphatic rings. The fourth-order valence-electron chi connectivity index (χ4n) is 1.72. The Morgan fingerprint density at radius 1 is 0.395 bits per heavy atom. The molecular weight excluding hydrogens is 628 g/mol. The third kappa shape index (κ3) is 5.25. The van der Waals surface area contributed by atoms with Crippen molar-refractivity contribution in [1.29, 1.82) is 0 Å². The molecule has 0 saturated carbocycles. The van der Waals surface area contributed by atoms with Crippen LogP contribution in [0.25, 0.3) is 0 Å². The standard InChI is InChI=1S/C13H2F24O/c14-2(5(18,19)8(24,25)12(32,33)34)3(15)6(20,21)38-1-4(16,17)7(22,23)9(26,27)10(28,29)11(30,31)13(35,36)37/h1H2. The molecule has 228 valence electrons. The summed E-state index contributed by atoms with van der Waals surface area (Å²) >= 11 is 0. The normalized spacial score (nSPS) is 17.1. The predicted octanol–water partition coefficient (Wildman–Crippen LogP) is 8.32. The second-order valence-corrected chi connectivity index (χ2v) is 6.58. The SMILES string of the molecule is FC(=C(F)C(F)(F)C(F)(F)C(F)(F)F)C(F)(F)OCC(F)(F)C(F)(F)C(F)(F)C(F)(F)C(F)(F)C(F)(F)F. The van der Waals surface area contributed by atoms with E-state index in [0.29, 0.717) is 0 Å². The summed E-state index contributed by atoms with van der Waals surface area (Å²) in [5, 5.41) is 0. The van der Waals surface area contributed by atoms with E-state index in [-0.39, 0.29) is 0 Å². The van der Waals surface area contributed by atoms with Gasteiger partial charge < -0.3 is 4.74 Å². The Hall–Kier alpha value is -1.98. The average Bonchev–Trinajstić information content (AvgIpc) is 2.68. The number of hydrogen-bond donors (Lipinski definition) is 0. The van der Waals surface area contributed by atoms with E-state index in [1.165, 1.54) is 0 Å². The lowest BCUT2D eigenvalue weighted by molar-refractivity contribution is -0.443. The summed E-state index contributed by atoms with van der Waals surface area (Å²) in [6.07, 6.45) is -22.6. The molecular formula is C13H2F24O. The first kappa shape index (κ1) is 36.0. The first-order valence-electron chi connectivity index (χ1n) is 7.88. The summed E-state index contributed by atoms with van der Waals surface area (Å²) in [4.78, 5) is 0. The lowest BCUT2D eigenvalue weighted by Gasteiger charge is -2.39. The van der Waals surface area contributed by atoms with Gasteiger partial charge in [-0.05, 0) is 0 Å². The molecule has 0 aromatic heterocycles. The maximum absolute atomic E-state index is 13.3. The minimum absolute atomic E-state index is 1.93. The Morgan fingerprint density at radius 2 is 0.711 bits per heavy atom. The van der Waals surface area contributed by atoms with Crippen molar-refractivity contribution >= 4 is 0 Å². The smallest absolute Gasteiger partial charge is 0.308 e. The van der Waals surface area contributed by atoms with Gasteiger partial charge in [-0.3, -0.25) is 0 Å². The van der Waals surface area contributed by atoms with E-state index in [1.54, 1.807) is 0 Å². The van der Waals surface area contributed by atoms with Crippen molar-refractivity contribution < 1.29 is 110 Å². The molecule has 0 radical (unpaired) electrons. The summed E-state index contributed by atoms with van der Waals surface area (Å²) in [5.41, 5.74) is 0. The molecule has 0 heterocycles. The topological polar surface area (TPSA) is 9.23 Å². The van der Waals surface area contributed by atoms with Gasteiger partial charge in [-0.2, -0.15) is 101 Å². The Labute approximate surface area is 190 Å². The van der Waals surface area contributed by atoms with Crippen LogP contribution in [0.3, 0.4) is 0 Å². The second kappa shape index (κ2) is 9.30. The van der Waals surface area contributed by atoms with Gasteiger partial charge in [-0.25, -0.2) is 4.39 Å². The molecule has 0 aromatic rings. The van der Waals surface area contributed by atoms with Gasteiger partial charge in [0.25, 0.3) is 0 Å². The van der Waals surface area contributed by atoms with Crippen molar-refractivity contribution in [2.75, 3.05) is 6.61 Å². The molecule has 0 aliphatic carbocycles. The van der Waals surface area contributed by atoms with Crippen LogP contribution in [0.1, 0.15) is 0 Å². The lowest BCUT2D eigenvalue weighted by atomic mass is 9.94. The summed E-state index contributed by atoms with van der Waals surface area (Å²) in [5.74, 6) is -67.0. The summed E-state index contributed by atoms with van der Waals surface area (Å²) < 4.78 is 307. The number of rotatable bonds is 10. The molecule has 0 spiro atoms. The summed E-state index contributed by atoms with van der Waals surface area (Å²) in [7, 11) is 0. The van der Waals surface area contributed by atoms with Crippen molar-refractivity contribution in [2.24, 2.45) is 0 Å². The zero-order valence-corrected chi connectivity index (χ0v) is 16.2. The number of hydrogen-bond acceptors (Lipinski definition) is 1. The Morgan fingerprint density at radius 3 is 1.03 bits per heavy atom. The van der Waals surface area contributed by atoms with Gasteiger partial charge in [-0.15, -0.1) is 0 Å². The predicted molar refractivity (Wildman–Crippen MR) is 66.9 cm³/mol. The zero-order valence-electron chi connectivity index (χ0n) is 16.2. The Balaban J connectivity index is 6.42. The first-order chi connectivity index (χ1) is 16.0. The highest BCUT2D eigenvalue weighted by atomic mass is 19.4. The van der Waals surface area contributed by atoms with Crippen LogP contribution in [0, 0.1) is 0 Å². The van der Waals surface area contributed by atoms with Crippen LogP contribution in [0.5, 0.6) is 0 Å². The van der Waals surface area contributed by atoms with Gasteiger partial charge >= 0.3 is 59.9 Å². The van der Waals surface area contributed by atoms with E-state index >= 15 is 0 Å². The number of allylic oxidation sites excluding steroid dienone is 1. The molecule has 25 heteroatoms. The molecule has 0 saturated heterocycles. The van der Waals surface area contributed by atoms with Crippen LogP contribution < -0.4 is 0 Å². The van der Waals surface area contributed by atoms with Crippen LogP contribution in [0.4, 0.5) is 105 Å². The van der Waals surface area contributed by atoms with Gasteiger partial charge in [0.1, 0.15) is 6.61 Å². The van der Waals surface area contributed by atoms with E-state index < -0.39 is 78.2 Å². The van der Waals surface area contributed by atoms with Crippen molar-refractivity contribution in [2.45, 2.75) is 59.9 Å². The fourth-order valence-corrected chi connectivity index (χ4v) is 1.72. The Bertz CT molecular complexity index is 886. The van der Waals surface area contributed by atoms with Crippen molar-refractivity contribution in [3.05, 3.63) is 11.7 Å². The average molecular weight is 630 g/mol. The highest BCUT2D eigenvalue weighted by molar-refractivity contribution is 5.19. The number of ether oxygens (including phenoxy) is 1. The van der Waals surface area contributed by atoms with Gasteiger partial charge in [-0.1, -0.05) is 0 Å². The molecule has 38 heavy (non-hydrogen) atoms. The molecule has 0 aromatic carbocycles. The van der Waals surface area contributed by atoms with Crippen LogP contribution in [-0.2, 0) is 4.74 Å². The third-order valence-corrected chi connectivity index (χ3v) is 3.91. The van der Waals surface area contributed by atoms with Crippen LogP contribution in [-0.4, -0.2) is 66.5 Å². The van der Waals surface area contributed by atoms with Crippen LogP contribution in [0.2, 0.25) is 0 Å². The van der Waals surface area contributed by atoms with Gasteiger partial charge in [0, 0.05) is 0 Å². The Kier molecular flexibility index (Phi) is 8.81. The summed E-state index contributed by atoms with van der Waals surface area (Å²) in [6.45, 7) is -4.52. The third-order valence-electron chi connectivity index (χ3n) is 3.91. The first-order valence-corrected chi connectivity index (χ1v) is 7.88. The molecule has 1 nitrogen and oxygen atoms in total. The van der Waals surface area contributed by atoms with E-state index in [1.807, 2.05) is 4.74 Å². The number of halogens is 24. The van der Waals surface area contributed by atoms with Gasteiger partial charge in [0.05, 0.1) is 0 Å². The van der Waals surface area contributed by atoms with Crippen molar-refractivity contribution in [3.63, 3.8) is 0 Å². The van der Waals surface area contributed by atoms with Crippen molar-refractivity contribution in [1.82, 2.24) is 0 Å². The fraction of sp³-hybridized carbons (Fsp3) is 0.846. The lowest BCUT2D eigenvalue weighted by Crippen LogP contribution is -2.70. The molecule has 0 N–H and O–H groups in total. The highest BCUT2D eigenvalue weighted by Gasteiger charge is 2.91. The molecule has 0 atom stereocenters. The maximum Gasteiger partial charge on any atom is 0.460 e. The van der Waals surface area contributed by atoms with Crippen LogP contribution in [0.15, 0.2) is 11.7 Å². The van der Waals surface area contributed by atoms with E-state index in [9.17, 15) is 105 Å². The van der Waals surface area contributed by atoms with E-state index in [2.05, 4.69) is 0 Å². The molecule has 0 aliphatic heterocycles. The molecule has 0 unspecified atom stereocenters. The van der Waals surface area contributed by atoms with Crippen molar-refractivity contribution in [3.8, 4) is 0 Å². The van der Waals surface area contributed by atoms with Gasteiger partial charge in [0.2, 0.25) is 11.7 Å². The van der Waals surface area contributed by atoms with E-state index in [4.69, 9.17) is 0 Å². The monoisotopic (exact) mass is 630 g/mol. The van der Waals surface area contributed by atoms with Gasteiger partial charge in [0.15, 0.2) is 0 Å². The zero-order chi connectivity index (χ0) is 31.6. The maximum atomic E-state index is 13.3. The van der Waals surface area contributed by atoms with E-state index in [0.717, 1.165) is 0 Å².